The van der Waals surface area contributed by atoms with Crippen LogP contribution < -0.4 is 5.32 Å². The van der Waals surface area contributed by atoms with Gasteiger partial charge in [0.25, 0.3) is 0 Å². The number of hydrogen-bond acceptors (Lipinski definition) is 2. The minimum Gasteiger partial charge on any atom is -0.299 e. The fourth-order valence-electron chi connectivity index (χ4n) is 2.57. The van der Waals surface area contributed by atoms with Crippen LogP contribution in [0.5, 0.6) is 0 Å². The van der Waals surface area contributed by atoms with Gasteiger partial charge in [0.1, 0.15) is 5.54 Å². The Balaban J connectivity index is 0.00000162. The van der Waals surface area contributed by atoms with Crippen molar-refractivity contribution in [1.82, 2.24) is 5.32 Å². The van der Waals surface area contributed by atoms with Gasteiger partial charge in [-0.3, -0.25) is 5.32 Å². The maximum absolute atomic E-state index is 9.33. The Morgan fingerprint density at radius 2 is 1.78 bits per heavy atom. The molecule has 0 bridgehead atoms. The first kappa shape index (κ1) is 15.0. The molecule has 0 saturated heterocycles. The Morgan fingerprint density at radius 3 is 2.39 bits per heavy atom. The summed E-state index contributed by atoms with van der Waals surface area (Å²) in [5, 5.41) is 12.8. The second-order valence-electron chi connectivity index (χ2n) is 4.92. The zero-order valence-electron chi connectivity index (χ0n) is 10.7. The molecule has 2 nitrogen and oxygen atoms in total. The monoisotopic (exact) mass is 264 g/mol. The quantitative estimate of drug-likeness (QED) is 0.904. The summed E-state index contributed by atoms with van der Waals surface area (Å²) in [7, 11) is 0. The summed E-state index contributed by atoms with van der Waals surface area (Å²) in [4.78, 5) is 0. The number of hydrogen-bond donors (Lipinski definition) is 1. The predicted octanol–water partition coefficient (Wildman–Crippen LogP) is 3.47. The topological polar surface area (TPSA) is 35.8 Å². The molecular weight excluding hydrogens is 244 g/mol. The van der Waals surface area contributed by atoms with Crippen LogP contribution in [0.4, 0.5) is 0 Å². The summed E-state index contributed by atoms with van der Waals surface area (Å²) in [5.74, 6) is 0. The lowest BCUT2D eigenvalue weighted by Crippen LogP contribution is -2.46. The highest BCUT2D eigenvalue weighted by molar-refractivity contribution is 5.85. The van der Waals surface area contributed by atoms with Gasteiger partial charge in [-0.1, -0.05) is 49.6 Å². The lowest BCUT2D eigenvalue weighted by atomic mass is 9.83. The van der Waals surface area contributed by atoms with Crippen molar-refractivity contribution in [3.05, 3.63) is 35.9 Å². The Morgan fingerprint density at radius 1 is 1.11 bits per heavy atom. The molecule has 1 aliphatic carbocycles. The normalized spacial score (nSPS) is 17.5. The highest BCUT2D eigenvalue weighted by atomic mass is 35.5. The molecule has 18 heavy (non-hydrogen) atoms. The molecule has 1 aromatic rings. The summed E-state index contributed by atoms with van der Waals surface area (Å²) in [6.07, 6.45) is 6.68. The summed E-state index contributed by atoms with van der Waals surface area (Å²) in [6.45, 7) is 0.900. The van der Waals surface area contributed by atoms with E-state index in [-0.39, 0.29) is 17.9 Å². The van der Waals surface area contributed by atoms with E-state index in [0.29, 0.717) is 0 Å². The molecule has 0 unspecified atom stereocenters. The predicted molar refractivity (Wildman–Crippen MR) is 76.8 cm³/mol. The van der Waals surface area contributed by atoms with Gasteiger partial charge in [0.05, 0.1) is 6.07 Å². The molecule has 1 saturated carbocycles. The number of rotatable bonds is 4. The first-order chi connectivity index (χ1) is 8.35. The SMILES string of the molecule is Cl.N#CC1(NCCc2ccccc2)CCCCC1. The second-order valence-corrected chi connectivity index (χ2v) is 4.92. The van der Waals surface area contributed by atoms with Crippen molar-refractivity contribution >= 4 is 12.4 Å². The van der Waals surface area contributed by atoms with Crippen LogP contribution in [0.1, 0.15) is 37.7 Å². The number of halogens is 1. The molecule has 2 rings (SSSR count). The molecule has 1 aliphatic rings. The average Bonchev–Trinajstić information content (AvgIpc) is 2.41. The summed E-state index contributed by atoms with van der Waals surface area (Å²) in [5.41, 5.74) is 1.09. The van der Waals surface area contributed by atoms with Gasteiger partial charge in [0.15, 0.2) is 0 Å². The van der Waals surface area contributed by atoms with Gasteiger partial charge in [-0.2, -0.15) is 5.26 Å². The van der Waals surface area contributed by atoms with E-state index in [2.05, 4.69) is 35.7 Å². The molecule has 98 valence electrons. The number of nitriles is 1. The van der Waals surface area contributed by atoms with E-state index in [1.807, 2.05) is 6.07 Å². The highest BCUT2D eigenvalue weighted by Gasteiger charge is 2.30. The van der Waals surface area contributed by atoms with Gasteiger partial charge < -0.3 is 0 Å². The third-order valence-corrected chi connectivity index (χ3v) is 3.64. The molecule has 1 fully saturated rings. The molecular formula is C15H21ClN2. The van der Waals surface area contributed by atoms with Crippen LogP contribution in [0, 0.1) is 11.3 Å². The molecule has 1 aromatic carbocycles. The van der Waals surface area contributed by atoms with Gasteiger partial charge in [-0.25, -0.2) is 0 Å². The van der Waals surface area contributed by atoms with E-state index in [4.69, 9.17) is 0 Å². The van der Waals surface area contributed by atoms with E-state index in [9.17, 15) is 5.26 Å². The van der Waals surface area contributed by atoms with Crippen molar-refractivity contribution < 1.29 is 0 Å². The lowest BCUT2D eigenvalue weighted by Gasteiger charge is -2.31. The van der Waals surface area contributed by atoms with Gasteiger partial charge >= 0.3 is 0 Å². The summed E-state index contributed by atoms with van der Waals surface area (Å²) < 4.78 is 0. The number of nitrogens with zero attached hydrogens (tertiary/aromatic N) is 1. The first-order valence-corrected chi connectivity index (χ1v) is 6.55. The third kappa shape index (κ3) is 4.01. The summed E-state index contributed by atoms with van der Waals surface area (Å²) in [6, 6.07) is 12.9. The van der Waals surface area contributed by atoms with Crippen molar-refractivity contribution in [2.45, 2.75) is 44.1 Å². The Labute approximate surface area is 116 Å². The zero-order valence-corrected chi connectivity index (χ0v) is 11.5. The molecule has 0 radical (unpaired) electrons. The van der Waals surface area contributed by atoms with Crippen molar-refractivity contribution in [2.75, 3.05) is 6.54 Å². The minimum atomic E-state index is -0.243. The van der Waals surface area contributed by atoms with Crippen molar-refractivity contribution in [2.24, 2.45) is 0 Å². The van der Waals surface area contributed by atoms with Crippen LogP contribution in [0.3, 0.4) is 0 Å². The van der Waals surface area contributed by atoms with E-state index in [1.165, 1.54) is 24.8 Å². The Bertz CT molecular complexity index is 377. The molecule has 0 aromatic heterocycles. The van der Waals surface area contributed by atoms with Gasteiger partial charge in [0.2, 0.25) is 0 Å². The van der Waals surface area contributed by atoms with Crippen LogP contribution in [-0.2, 0) is 6.42 Å². The van der Waals surface area contributed by atoms with E-state index >= 15 is 0 Å². The van der Waals surface area contributed by atoms with E-state index in [1.54, 1.807) is 0 Å². The van der Waals surface area contributed by atoms with Gasteiger partial charge in [0, 0.05) is 6.54 Å². The first-order valence-electron chi connectivity index (χ1n) is 6.55. The molecule has 0 atom stereocenters. The smallest absolute Gasteiger partial charge is 0.106 e. The Hall–Kier alpha value is -1.04. The molecule has 3 heteroatoms. The van der Waals surface area contributed by atoms with Crippen LogP contribution in [0.15, 0.2) is 30.3 Å². The maximum atomic E-state index is 9.33. The number of nitrogens with one attached hydrogen (secondary N) is 1. The molecule has 0 amide bonds. The van der Waals surface area contributed by atoms with Crippen LogP contribution in [0.25, 0.3) is 0 Å². The van der Waals surface area contributed by atoms with Gasteiger partial charge in [-0.05, 0) is 24.8 Å². The minimum absolute atomic E-state index is 0. The molecule has 0 aliphatic heterocycles. The number of benzene rings is 1. The van der Waals surface area contributed by atoms with Gasteiger partial charge in [-0.15, -0.1) is 12.4 Å². The van der Waals surface area contributed by atoms with Crippen LogP contribution in [-0.4, -0.2) is 12.1 Å². The van der Waals surface area contributed by atoms with E-state index in [0.717, 1.165) is 25.8 Å². The van der Waals surface area contributed by atoms with Crippen LogP contribution in [0.2, 0.25) is 0 Å². The fraction of sp³-hybridized carbons (Fsp3) is 0.533. The molecule has 0 heterocycles. The zero-order chi connectivity index (χ0) is 12.0. The molecule has 0 spiro atoms. The lowest BCUT2D eigenvalue weighted by molar-refractivity contribution is 0.299. The molecule has 1 N–H and O–H groups in total. The summed E-state index contributed by atoms with van der Waals surface area (Å²) >= 11 is 0. The largest absolute Gasteiger partial charge is 0.299 e. The standard InChI is InChI=1S/C15H20N2.ClH/c16-13-15(10-5-2-6-11-15)17-12-9-14-7-3-1-4-8-14;/h1,3-4,7-8,17H,2,5-6,9-12H2;1H. The highest BCUT2D eigenvalue weighted by Crippen LogP contribution is 2.27. The van der Waals surface area contributed by atoms with Crippen molar-refractivity contribution in [1.29, 1.82) is 5.26 Å². The Kier molecular flexibility index (Phi) is 6.18. The van der Waals surface area contributed by atoms with E-state index < -0.39 is 0 Å². The fourth-order valence-corrected chi connectivity index (χ4v) is 2.57. The maximum Gasteiger partial charge on any atom is 0.106 e. The van der Waals surface area contributed by atoms with Crippen molar-refractivity contribution in [3.8, 4) is 6.07 Å². The third-order valence-electron chi connectivity index (χ3n) is 3.64. The average molecular weight is 265 g/mol. The van der Waals surface area contributed by atoms with Crippen LogP contribution >= 0.6 is 12.4 Å². The second kappa shape index (κ2) is 7.41. The van der Waals surface area contributed by atoms with Crippen molar-refractivity contribution in [3.63, 3.8) is 0 Å².